The van der Waals surface area contributed by atoms with Crippen molar-refractivity contribution in [3.8, 4) is 0 Å². The lowest BCUT2D eigenvalue weighted by Gasteiger charge is -2.37. The van der Waals surface area contributed by atoms with Gasteiger partial charge in [-0.05, 0) is 114 Å². The molecule has 2 atom stereocenters. The number of rotatable bonds is 14. The van der Waals surface area contributed by atoms with Crippen molar-refractivity contribution in [3.05, 3.63) is 70.9 Å². The quantitative estimate of drug-likeness (QED) is 0.0523. The van der Waals surface area contributed by atoms with Gasteiger partial charge in [-0.15, -0.1) is 0 Å². The van der Waals surface area contributed by atoms with Crippen LogP contribution in [0.3, 0.4) is 0 Å². The largest absolute Gasteiger partial charge is 0.400 e. The van der Waals surface area contributed by atoms with Crippen LogP contribution >= 0.6 is 0 Å². The minimum atomic E-state index is -0.303. The summed E-state index contributed by atoms with van der Waals surface area (Å²) in [7, 11) is 7.78. The van der Waals surface area contributed by atoms with Crippen molar-refractivity contribution >= 4 is 47.5 Å². The molecule has 6 N–H and O–H groups in total. The fourth-order valence-electron chi connectivity index (χ4n) is 9.40. The zero-order valence-electron chi connectivity index (χ0n) is 44.8. The monoisotopic (exact) mass is 961 g/mol. The molecule has 1 aliphatic carbocycles. The van der Waals surface area contributed by atoms with Crippen LogP contribution in [0.25, 0.3) is 10.9 Å². The predicted molar refractivity (Wildman–Crippen MR) is 287 cm³/mol. The number of aliphatic hydroxyl groups excluding tert-OH is 2. The van der Waals surface area contributed by atoms with Gasteiger partial charge in [-0.3, -0.25) is 19.3 Å². The summed E-state index contributed by atoms with van der Waals surface area (Å²) in [6.45, 7) is 25.2. The van der Waals surface area contributed by atoms with E-state index in [1.807, 2.05) is 71.4 Å². The Labute approximate surface area is 416 Å². The molecule has 0 bridgehead atoms. The number of amides is 1. The number of aldehydes is 1. The Bertz CT molecular complexity index is 2010. The third-order valence-corrected chi connectivity index (χ3v) is 12.7. The first-order valence-corrected chi connectivity index (χ1v) is 25.5. The number of aliphatic hydroxyl groups is 2. The number of hydrogen-bond donors (Lipinski definition) is 6. The third-order valence-electron chi connectivity index (χ3n) is 12.7. The molecule has 8 rings (SSSR count). The van der Waals surface area contributed by atoms with Crippen molar-refractivity contribution in [2.75, 3.05) is 76.6 Å². The zero-order chi connectivity index (χ0) is 51.9. The SMILES string of the molecule is C=O.CC.CC.CCCC(CCC)N1C(=O)C2(CC2)c2cnc(NC3CCNCC3)nc21.CNCCC=O.CNc1nn(C)c2cc(C3CCN(Cc4cccc(C)c4)CC3C)ccc12.CO.CO. The van der Waals surface area contributed by atoms with E-state index >= 15 is 0 Å². The van der Waals surface area contributed by atoms with Crippen LogP contribution in [-0.4, -0.2) is 127 Å². The summed E-state index contributed by atoms with van der Waals surface area (Å²) in [6, 6.07) is 16.5. The van der Waals surface area contributed by atoms with Crippen molar-refractivity contribution in [2.45, 2.75) is 150 Å². The highest BCUT2D eigenvalue weighted by atomic mass is 16.2. The smallest absolute Gasteiger partial charge is 0.239 e. The van der Waals surface area contributed by atoms with Crippen LogP contribution in [0.2, 0.25) is 0 Å². The first-order valence-electron chi connectivity index (χ1n) is 25.5. The number of hydrogen-bond acceptors (Lipinski definition) is 13. The number of benzene rings is 2. The van der Waals surface area contributed by atoms with Gasteiger partial charge in [0.2, 0.25) is 11.9 Å². The molecular weight excluding hydrogens is 869 g/mol. The maximum absolute atomic E-state index is 13.3. The molecule has 0 radical (unpaired) electrons. The number of piperidine rings is 2. The molecule has 2 saturated heterocycles. The van der Waals surface area contributed by atoms with Crippen molar-refractivity contribution < 1.29 is 24.6 Å². The number of nitrogens with zero attached hydrogens (tertiary/aromatic N) is 6. The molecule has 2 aromatic heterocycles. The Morgan fingerprint density at radius 3 is 2.14 bits per heavy atom. The molecule has 3 aliphatic heterocycles. The summed E-state index contributed by atoms with van der Waals surface area (Å²) in [5.41, 5.74) is 6.21. The van der Waals surface area contributed by atoms with E-state index in [0.29, 0.717) is 30.2 Å². The van der Waals surface area contributed by atoms with Gasteiger partial charge in [-0.2, -0.15) is 10.1 Å². The number of fused-ring (bicyclic) bond motifs is 3. The molecular formula is C54H92N10O5. The summed E-state index contributed by atoms with van der Waals surface area (Å²) in [5, 5.41) is 32.7. The minimum Gasteiger partial charge on any atom is -0.400 e. The molecule has 5 heterocycles. The molecule has 3 fully saturated rings. The van der Waals surface area contributed by atoms with E-state index in [1.54, 1.807) is 0 Å². The van der Waals surface area contributed by atoms with Gasteiger partial charge in [0, 0.05) is 83.6 Å². The maximum Gasteiger partial charge on any atom is 0.239 e. The molecule has 388 valence electrons. The van der Waals surface area contributed by atoms with Crippen molar-refractivity contribution in [2.24, 2.45) is 13.0 Å². The molecule has 69 heavy (non-hydrogen) atoms. The second kappa shape index (κ2) is 34.5. The van der Waals surface area contributed by atoms with Crippen molar-refractivity contribution in [1.29, 1.82) is 0 Å². The number of nitrogens with one attached hydrogen (secondary N) is 4. The van der Waals surface area contributed by atoms with Gasteiger partial charge in [0.15, 0.2) is 5.82 Å². The predicted octanol–water partition coefficient (Wildman–Crippen LogP) is 8.42. The highest BCUT2D eigenvalue weighted by molar-refractivity contribution is 6.09. The van der Waals surface area contributed by atoms with Gasteiger partial charge in [0.1, 0.15) is 18.9 Å². The minimum absolute atomic E-state index is 0.262. The Balaban J connectivity index is 0.000000532. The van der Waals surface area contributed by atoms with E-state index < -0.39 is 0 Å². The Morgan fingerprint density at radius 1 is 0.957 bits per heavy atom. The number of carbonyl (C=O) groups excluding carboxylic acids is 3. The average molecular weight is 961 g/mol. The number of aromatic nitrogens is 4. The van der Waals surface area contributed by atoms with E-state index in [1.165, 1.54) is 34.0 Å². The average Bonchev–Trinajstić information content (AvgIpc) is 4.09. The summed E-state index contributed by atoms with van der Waals surface area (Å²) in [4.78, 5) is 44.9. The topological polar surface area (TPSA) is 190 Å². The highest BCUT2D eigenvalue weighted by Gasteiger charge is 2.61. The Hall–Kier alpha value is -4.80. The molecule has 15 nitrogen and oxygen atoms in total. The molecule has 4 aliphatic rings. The van der Waals surface area contributed by atoms with Gasteiger partial charge >= 0.3 is 0 Å². The maximum atomic E-state index is 13.3. The van der Waals surface area contributed by atoms with Crippen LogP contribution in [0.5, 0.6) is 0 Å². The summed E-state index contributed by atoms with van der Waals surface area (Å²) in [5.74, 6) is 4.06. The van der Waals surface area contributed by atoms with Crippen molar-refractivity contribution in [1.82, 2.24) is 35.3 Å². The Morgan fingerprint density at radius 2 is 1.61 bits per heavy atom. The second-order valence-electron chi connectivity index (χ2n) is 17.2. The van der Waals surface area contributed by atoms with Gasteiger partial charge < -0.3 is 41.1 Å². The fourth-order valence-corrected chi connectivity index (χ4v) is 9.40. The number of anilines is 3. The van der Waals surface area contributed by atoms with Crippen LogP contribution < -0.4 is 26.2 Å². The van der Waals surface area contributed by atoms with E-state index in [4.69, 9.17) is 20.0 Å². The molecule has 1 amide bonds. The number of aryl methyl sites for hydroxylation is 2. The molecule has 2 unspecified atom stereocenters. The van der Waals surface area contributed by atoms with Crippen LogP contribution in [0.1, 0.15) is 141 Å². The number of carbonyl (C=O) groups is 3. The second-order valence-corrected chi connectivity index (χ2v) is 17.2. The van der Waals surface area contributed by atoms with E-state index in [2.05, 4.69) is 106 Å². The highest BCUT2D eigenvalue weighted by Crippen LogP contribution is 2.57. The summed E-state index contributed by atoms with van der Waals surface area (Å²) in [6.07, 6.45) is 13.0. The lowest BCUT2D eigenvalue weighted by Crippen LogP contribution is -2.41. The molecule has 1 spiro atoms. The van der Waals surface area contributed by atoms with Gasteiger partial charge in [0.25, 0.3) is 0 Å². The summed E-state index contributed by atoms with van der Waals surface area (Å²) >= 11 is 0. The summed E-state index contributed by atoms with van der Waals surface area (Å²) < 4.78 is 1.99. The lowest BCUT2D eigenvalue weighted by molar-refractivity contribution is -0.120. The molecule has 2 aromatic carbocycles. The van der Waals surface area contributed by atoms with E-state index in [-0.39, 0.29) is 17.4 Å². The first kappa shape index (κ1) is 62.2. The normalized spacial score (nSPS) is 17.4. The number of likely N-dealkylation sites (tertiary alicyclic amines) is 1. The third kappa shape index (κ3) is 17.5. The van der Waals surface area contributed by atoms with Gasteiger partial charge in [-0.1, -0.05) is 97.2 Å². The van der Waals surface area contributed by atoms with Gasteiger partial charge in [-0.25, -0.2) is 4.98 Å². The van der Waals surface area contributed by atoms with Gasteiger partial charge in [0.05, 0.1) is 10.9 Å². The van der Waals surface area contributed by atoms with Crippen LogP contribution in [0, 0.1) is 12.8 Å². The Kier molecular flexibility index (Phi) is 31.1. The van der Waals surface area contributed by atoms with E-state index in [9.17, 15) is 9.59 Å². The lowest BCUT2D eigenvalue weighted by atomic mass is 9.81. The van der Waals surface area contributed by atoms with Crippen molar-refractivity contribution in [3.63, 3.8) is 0 Å². The molecule has 1 saturated carbocycles. The van der Waals surface area contributed by atoms with E-state index in [0.717, 1.165) is 128 Å². The first-order chi connectivity index (χ1) is 33.7. The zero-order valence-corrected chi connectivity index (χ0v) is 44.8. The van der Waals surface area contributed by atoms with Crippen LogP contribution in [0.4, 0.5) is 17.6 Å². The van der Waals surface area contributed by atoms with Crippen LogP contribution in [0.15, 0.2) is 48.7 Å². The molecule has 15 heteroatoms. The van der Waals surface area contributed by atoms with Crippen LogP contribution in [-0.2, 0) is 33.4 Å². The molecule has 4 aromatic rings. The standard InChI is InChI=1S/C23H30N4.C20H31N5O.C4H9NO.2C2H6.2CH4O.CH2O/c1-16-6-5-7-18(12-16)15-27-11-10-20(17(2)14-27)19-8-9-21-22(13-19)26(4)25-23(21)24-3;1-3-5-15(6-4-2)25-17-16(20(9-10-20)18(25)26)13-22-19(24-17)23-14-7-11-21-12-8-14;1-5-3-2-4-6;5*1-2/h5-9,12-13,17,20H,10-11,14-15H2,1-4H3,(H,24,25);13-15,21H,3-12H2,1-2H3,(H,22,23,24);4-5H,2-3H2,1H3;2*1-2H3;2*2H,1H3;1H2. The fraction of sp³-hybridized carbons (Fsp3) is 0.630.